The fourth-order valence-corrected chi connectivity index (χ4v) is 5.42. The Balaban J connectivity index is 1.21. The van der Waals surface area contributed by atoms with Gasteiger partial charge in [0, 0.05) is 39.0 Å². The smallest absolute Gasteiger partial charge is 0.349 e. The number of ketones is 1. The van der Waals surface area contributed by atoms with Crippen molar-refractivity contribution in [2.75, 3.05) is 13.7 Å². The molecule has 0 radical (unpaired) electrons. The third-order valence-corrected chi connectivity index (χ3v) is 8.54. The Morgan fingerprint density at radius 2 is 1.03 bits per heavy atom. The van der Waals surface area contributed by atoms with E-state index < -0.39 is 83.2 Å². The Kier molecular flexibility index (Phi) is 12.2. The van der Waals surface area contributed by atoms with E-state index in [1.54, 1.807) is 26.0 Å². The zero-order chi connectivity index (χ0) is 42.5. The summed E-state index contributed by atoms with van der Waals surface area (Å²) in [5.41, 5.74) is 0.0692. The van der Waals surface area contributed by atoms with Crippen LogP contribution >= 0.6 is 0 Å². The number of carbonyl (C=O) groups excluding carboxylic acids is 7. The van der Waals surface area contributed by atoms with Gasteiger partial charge in [-0.15, -0.1) is 0 Å². The highest BCUT2D eigenvalue weighted by Crippen LogP contribution is 2.37. The molecule has 5 rings (SSSR count). The number of cyclic esters (lactones) is 6. The molecule has 58 heavy (non-hydrogen) atoms. The number of hydrogen-bond donors (Lipinski definition) is 2. The number of methoxy groups -OCH3 is 1. The quantitative estimate of drug-likeness (QED) is 0.106. The number of aliphatic hydroxyl groups is 2. The molecule has 0 saturated carbocycles. The summed E-state index contributed by atoms with van der Waals surface area (Å²) in [7, 11) is 1.35. The number of benzene rings is 1. The van der Waals surface area contributed by atoms with Gasteiger partial charge in [-0.3, -0.25) is 4.79 Å². The minimum Gasteiger partial charge on any atom is -0.480 e. The van der Waals surface area contributed by atoms with Crippen molar-refractivity contribution in [2.45, 2.75) is 58.8 Å². The van der Waals surface area contributed by atoms with Crippen molar-refractivity contribution in [1.29, 1.82) is 0 Å². The summed E-state index contributed by atoms with van der Waals surface area (Å²) in [6.07, 6.45) is 9.67. The van der Waals surface area contributed by atoms with Crippen LogP contribution < -0.4 is 0 Å². The lowest BCUT2D eigenvalue weighted by Gasteiger charge is -2.32. The normalized spacial score (nSPS) is 25.3. The van der Waals surface area contributed by atoms with Gasteiger partial charge in [0.2, 0.25) is 5.78 Å². The van der Waals surface area contributed by atoms with Crippen LogP contribution in [-0.2, 0) is 76.2 Å². The molecular weight excluding hydrogens is 768 g/mol. The lowest BCUT2D eigenvalue weighted by atomic mass is 9.98. The highest BCUT2D eigenvalue weighted by Gasteiger charge is 2.46. The van der Waals surface area contributed by atoms with Crippen LogP contribution in [0, 0.1) is 13.8 Å². The van der Waals surface area contributed by atoms with E-state index in [0.29, 0.717) is 22.3 Å². The number of esters is 6. The molecule has 4 heterocycles. The fraction of sp³-hybridized carbons (Fsp3) is 0.275. The Bertz CT molecular complexity index is 2180. The molecule has 4 aliphatic heterocycles. The lowest BCUT2D eigenvalue weighted by molar-refractivity contribution is -0.241. The van der Waals surface area contributed by atoms with Crippen LogP contribution in [0.5, 0.6) is 0 Å². The van der Waals surface area contributed by atoms with Gasteiger partial charge in [-0.1, -0.05) is 36.5 Å². The van der Waals surface area contributed by atoms with Crippen molar-refractivity contribution in [3.8, 4) is 0 Å². The maximum Gasteiger partial charge on any atom is 0.349 e. The number of Topliss-reactive ketones (excluding diaryl/α,β-unsaturated/α-hetero) is 1. The van der Waals surface area contributed by atoms with Crippen LogP contribution in [0.1, 0.15) is 55.6 Å². The van der Waals surface area contributed by atoms with Crippen LogP contribution in [0.15, 0.2) is 107 Å². The Morgan fingerprint density at radius 1 is 0.638 bits per heavy atom. The number of hydrogen-bond acceptors (Lipinski definition) is 18. The molecule has 18 nitrogen and oxygen atoms in total. The van der Waals surface area contributed by atoms with E-state index in [4.69, 9.17) is 42.6 Å². The summed E-state index contributed by atoms with van der Waals surface area (Å²) in [4.78, 5) is 86.2. The number of carbonyl (C=O) groups is 7. The minimum atomic E-state index is -2.02. The Labute approximate surface area is 329 Å². The minimum absolute atomic E-state index is 0.157. The molecule has 0 spiro atoms. The van der Waals surface area contributed by atoms with E-state index >= 15 is 0 Å². The first kappa shape index (κ1) is 41.9. The summed E-state index contributed by atoms with van der Waals surface area (Å²) < 4.78 is 46.8. The molecule has 0 aromatic heterocycles. The van der Waals surface area contributed by atoms with Crippen LogP contribution in [0.25, 0.3) is 0 Å². The number of aryl methyl sites for hydroxylation is 2. The summed E-state index contributed by atoms with van der Waals surface area (Å²) in [5.74, 6) is -11.6. The number of allylic oxidation sites excluding steroid dienone is 8. The topological polar surface area (TPSA) is 243 Å². The first-order chi connectivity index (χ1) is 27.4. The van der Waals surface area contributed by atoms with E-state index in [1.165, 1.54) is 56.6 Å². The van der Waals surface area contributed by atoms with Gasteiger partial charge in [-0.2, -0.15) is 0 Å². The van der Waals surface area contributed by atoms with Gasteiger partial charge in [0.15, 0.2) is 0 Å². The maximum absolute atomic E-state index is 12.9. The van der Waals surface area contributed by atoms with Crippen LogP contribution in [0.4, 0.5) is 0 Å². The SMILES string of the molecule is COCC1(C)OC(=O)C(=C/C=C/C=C/C2=C(O)OC(c3cc(C)c(C4OC(=O)C(/C=C/C=C/C=C5C(=O)OC(C)(C(C)=O)OC5=O)=C(O)O4)cc3C)OC2=O)C(=O)O1. The lowest BCUT2D eigenvalue weighted by Crippen LogP contribution is -2.48. The van der Waals surface area contributed by atoms with Crippen LogP contribution in [-0.4, -0.2) is 77.1 Å². The third-order valence-electron chi connectivity index (χ3n) is 8.54. The predicted molar refractivity (Wildman–Crippen MR) is 192 cm³/mol. The van der Waals surface area contributed by atoms with Gasteiger partial charge in [0.1, 0.15) is 28.9 Å². The second-order valence-electron chi connectivity index (χ2n) is 13.0. The molecule has 304 valence electrons. The second kappa shape index (κ2) is 16.9. The van der Waals surface area contributed by atoms with E-state index in [9.17, 15) is 43.8 Å². The highest BCUT2D eigenvalue weighted by atomic mass is 16.8. The molecule has 18 heteroatoms. The molecule has 2 N–H and O–H groups in total. The summed E-state index contributed by atoms with van der Waals surface area (Å²) in [6.45, 7) is 6.72. The van der Waals surface area contributed by atoms with Gasteiger partial charge in [0.05, 0.1) is 0 Å². The third kappa shape index (κ3) is 9.08. The first-order valence-corrected chi connectivity index (χ1v) is 17.1. The number of ether oxygens (including phenoxy) is 9. The Morgan fingerprint density at radius 3 is 1.40 bits per heavy atom. The molecule has 4 aliphatic rings. The number of rotatable bonds is 11. The maximum atomic E-state index is 12.9. The zero-order valence-electron chi connectivity index (χ0n) is 31.7. The summed E-state index contributed by atoms with van der Waals surface area (Å²) in [5, 5.41) is 21.1. The average molecular weight is 805 g/mol. The molecule has 2 atom stereocenters. The van der Waals surface area contributed by atoms with E-state index in [1.807, 2.05) is 0 Å². The van der Waals surface area contributed by atoms with Crippen molar-refractivity contribution < 1.29 is 86.4 Å². The number of aliphatic hydroxyl groups excluding tert-OH is 2. The molecule has 1 aromatic rings. The van der Waals surface area contributed by atoms with Gasteiger partial charge in [0.25, 0.3) is 30.3 Å². The molecule has 0 amide bonds. The van der Waals surface area contributed by atoms with Crippen molar-refractivity contribution in [2.24, 2.45) is 0 Å². The molecule has 2 saturated heterocycles. The van der Waals surface area contributed by atoms with Crippen LogP contribution in [0.3, 0.4) is 0 Å². The van der Waals surface area contributed by atoms with Gasteiger partial charge < -0.3 is 52.8 Å². The molecule has 1 aromatic carbocycles. The summed E-state index contributed by atoms with van der Waals surface area (Å²) in [6, 6.07) is 3.10. The van der Waals surface area contributed by atoms with E-state index in [-0.39, 0.29) is 23.3 Å². The first-order valence-electron chi connectivity index (χ1n) is 17.1. The van der Waals surface area contributed by atoms with Gasteiger partial charge in [-0.05, 0) is 61.4 Å². The molecule has 2 unspecified atom stereocenters. The van der Waals surface area contributed by atoms with Gasteiger partial charge in [-0.25, -0.2) is 28.8 Å². The fourth-order valence-electron chi connectivity index (χ4n) is 5.42. The molecule has 0 bridgehead atoms. The second-order valence-corrected chi connectivity index (χ2v) is 13.0. The van der Waals surface area contributed by atoms with E-state index in [0.717, 1.165) is 32.1 Å². The summed E-state index contributed by atoms with van der Waals surface area (Å²) >= 11 is 0. The van der Waals surface area contributed by atoms with Crippen LogP contribution in [0.2, 0.25) is 0 Å². The van der Waals surface area contributed by atoms with E-state index in [2.05, 4.69) is 0 Å². The van der Waals surface area contributed by atoms with Crippen molar-refractivity contribution in [3.05, 3.63) is 129 Å². The van der Waals surface area contributed by atoms with Crippen molar-refractivity contribution in [1.82, 2.24) is 0 Å². The monoisotopic (exact) mass is 804 g/mol. The largest absolute Gasteiger partial charge is 0.480 e. The standard InChI is InChI=1S/C40H36O18/c1-20-18-28(38-53-31(44)24(32(45)54-38)14-10-8-12-16-26-35(48)57-40(5,22(3)41)58-36(26)49)21(2)17-27(20)37-51-29(42)23(30(43)52-37)13-9-7-11-15-25-33(46)55-39(4,19-50-6)56-34(25)47/h7-18,37-38,42,44H,19H2,1-6H3/b11-7+,12-8+,13-9+,14-10+,25-15?,26-16?. The molecule has 0 aliphatic carbocycles. The van der Waals surface area contributed by atoms with Crippen molar-refractivity contribution in [3.63, 3.8) is 0 Å². The average Bonchev–Trinajstić information content (AvgIpc) is 3.12. The zero-order valence-corrected chi connectivity index (χ0v) is 31.7. The molecular formula is C40H36O18. The Hall–Kier alpha value is -7.21. The predicted octanol–water partition coefficient (Wildman–Crippen LogP) is 3.93. The van der Waals surface area contributed by atoms with Crippen molar-refractivity contribution >= 4 is 41.6 Å². The molecule has 2 fully saturated rings. The highest BCUT2D eigenvalue weighted by molar-refractivity contribution is 6.17. The van der Waals surface area contributed by atoms with Gasteiger partial charge >= 0.3 is 41.6 Å².